The number of hydrogen-bond acceptors (Lipinski definition) is 7. The molecule has 0 fully saturated rings. The topological polar surface area (TPSA) is 84.9 Å². The van der Waals surface area contributed by atoms with Crippen molar-refractivity contribution < 1.29 is 23.9 Å². The highest BCUT2D eigenvalue weighted by atomic mass is 16.5. The molecule has 1 aliphatic heterocycles. The minimum absolute atomic E-state index is 0.110. The maximum atomic E-state index is 12.4. The van der Waals surface area contributed by atoms with Crippen LogP contribution in [0.3, 0.4) is 0 Å². The van der Waals surface area contributed by atoms with Crippen LogP contribution >= 0.6 is 0 Å². The molecule has 0 bridgehead atoms. The molecule has 1 rings (SSSR count). The Morgan fingerprint density at radius 2 is 1.73 bits per heavy atom. The molecule has 7 heteroatoms. The van der Waals surface area contributed by atoms with Crippen molar-refractivity contribution in [3.63, 3.8) is 0 Å². The molecule has 0 radical (unpaired) electrons. The van der Waals surface area contributed by atoms with E-state index in [0.29, 0.717) is 24.5 Å². The first-order valence-corrected chi connectivity index (χ1v) is 6.85. The second-order valence-electron chi connectivity index (χ2n) is 4.33. The minimum Gasteiger partial charge on any atom is -0.466 e. The maximum Gasteiger partial charge on any atom is 0.332 e. The highest BCUT2D eigenvalue weighted by Gasteiger charge is 2.29. The Kier molecular flexibility index (Phi) is 6.37. The van der Waals surface area contributed by atoms with Gasteiger partial charge in [-0.3, -0.25) is 4.79 Å². The Bertz CT molecular complexity index is 556. The molecule has 0 amide bonds. The molecule has 0 saturated heterocycles. The number of carbonyl (C=O) groups excluding carboxylic acids is 3. The summed E-state index contributed by atoms with van der Waals surface area (Å²) in [5.41, 5.74) is 0.405. The normalized spacial score (nSPS) is 16.2. The number of nitrogens with zero attached hydrogens (tertiary/aromatic N) is 1. The van der Waals surface area contributed by atoms with Crippen molar-refractivity contribution in [2.45, 2.75) is 13.8 Å². The summed E-state index contributed by atoms with van der Waals surface area (Å²) < 4.78 is 9.05. The number of allylic oxidation sites excluding steroid dienone is 2. The van der Waals surface area contributed by atoms with E-state index < -0.39 is 11.9 Å². The van der Waals surface area contributed by atoms with Crippen LogP contribution in [0.2, 0.25) is 0 Å². The summed E-state index contributed by atoms with van der Waals surface area (Å²) in [6.07, 6.45) is 3.64. The van der Waals surface area contributed by atoms with Crippen LogP contribution in [-0.4, -0.2) is 49.9 Å². The summed E-state index contributed by atoms with van der Waals surface area (Å²) in [6.45, 7) is 5.19. The largest absolute Gasteiger partial charge is 0.466 e. The van der Waals surface area contributed by atoms with Crippen LogP contribution in [0.5, 0.6) is 0 Å². The molecule has 0 aromatic carbocycles. The Morgan fingerprint density at radius 3 is 2.23 bits per heavy atom. The summed E-state index contributed by atoms with van der Waals surface area (Å²) in [4.78, 5) is 36.9. The van der Waals surface area contributed by atoms with Gasteiger partial charge < -0.3 is 19.7 Å². The van der Waals surface area contributed by atoms with Gasteiger partial charge in [0, 0.05) is 19.2 Å². The quantitative estimate of drug-likeness (QED) is 0.565. The monoisotopic (exact) mass is 308 g/mol. The van der Waals surface area contributed by atoms with Gasteiger partial charge in [-0.15, -0.1) is 0 Å². The van der Waals surface area contributed by atoms with E-state index in [1.54, 1.807) is 0 Å². The van der Waals surface area contributed by atoms with Crippen molar-refractivity contribution in [3.05, 3.63) is 35.3 Å². The van der Waals surface area contributed by atoms with E-state index in [0.717, 1.165) is 6.08 Å². The minimum atomic E-state index is -0.632. The molecule has 0 aromatic heterocycles. The van der Waals surface area contributed by atoms with E-state index in [1.165, 1.54) is 26.4 Å². The maximum absolute atomic E-state index is 12.4. The molecule has 0 saturated carbocycles. The van der Waals surface area contributed by atoms with Crippen molar-refractivity contribution in [1.29, 1.82) is 0 Å². The van der Waals surface area contributed by atoms with E-state index in [9.17, 15) is 14.4 Å². The zero-order valence-corrected chi connectivity index (χ0v) is 13.1. The molecule has 0 aliphatic carbocycles. The Balaban J connectivity index is 3.20. The Labute approximate surface area is 129 Å². The van der Waals surface area contributed by atoms with Gasteiger partial charge >= 0.3 is 11.9 Å². The molecular weight excluding hydrogens is 288 g/mol. The number of ether oxygens (including phenoxy) is 2. The third kappa shape index (κ3) is 3.97. The molecule has 1 N–H and O–H groups in total. The van der Waals surface area contributed by atoms with Crippen LogP contribution < -0.4 is 5.32 Å². The average molecular weight is 308 g/mol. The first kappa shape index (κ1) is 17.5. The second kappa shape index (κ2) is 8.02. The zero-order valence-electron chi connectivity index (χ0n) is 13.1. The SMILES string of the molecule is CCN(CC)C1=C(/C=C/C(=O)OC)C(=O)/C(=C/C(=O)OC)N1. The lowest BCUT2D eigenvalue weighted by molar-refractivity contribution is -0.135. The lowest BCUT2D eigenvalue weighted by Gasteiger charge is -2.23. The van der Waals surface area contributed by atoms with E-state index in [4.69, 9.17) is 0 Å². The van der Waals surface area contributed by atoms with E-state index in [2.05, 4.69) is 14.8 Å². The van der Waals surface area contributed by atoms with Crippen LogP contribution in [0.25, 0.3) is 0 Å². The van der Waals surface area contributed by atoms with Crippen LogP contribution in [-0.2, 0) is 23.9 Å². The number of hydrogen-bond donors (Lipinski definition) is 1. The molecule has 7 nitrogen and oxygen atoms in total. The average Bonchev–Trinajstić information content (AvgIpc) is 2.82. The Hall–Kier alpha value is -2.57. The standard InChI is InChI=1S/C15H20N2O5/c1-5-17(6-2)15-10(7-8-12(18)21-3)14(20)11(16-15)9-13(19)22-4/h7-9,16H,5-6H2,1-4H3/b8-7+,11-9-. The summed E-state index contributed by atoms with van der Waals surface area (Å²) in [5.74, 6) is -1.03. The van der Waals surface area contributed by atoms with Gasteiger partial charge in [0.2, 0.25) is 5.78 Å². The van der Waals surface area contributed by atoms with Gasteiger partial charge in [0.05, 0.1) is 31.6 Å². The third-order valence-corrected chi connectivity index (χ3v) is 3.13. The lowest BCUT2D eigenvalue weighted by atomic mass is 10.1. The molecule has 0 atom stereocenters. The molecule has 1 aliphatic rings. The van der Waals surface area contributed by atoms with Gasteiger partial charge in [-0.25, -0.2) is 9.59 Å². The summed E-state index contributed by atoms with van der Waals surface area (Å²) in [6, 6.07) is 0. The van der Waals surface area contributed by atoms with E-state index in [1.807, 2.05) is 18.7 Å². The van der Waals surface area contributed by atoms with Gasteiger partial charge in [-0.2, -0.15) is 0 Å². The molecule has 1 heterocycles. The van der Waals surface area contributed by atoms with Gasteiger partial charge in [-0.05, 0) is 19.9 Å². The zero-order chi connectivity index (χ0) is 16.7. The number of ketones is 1. The van der Waals surface area contributed by atoms with Crippen molar-refractivity contribution in [2.24, 2.45) is 0 Å². The summed E-state index contributed by atoms with van der Waals surface area (Å²) >= 11 is 0. The number of rotatable bonds is 6. The molecule has 0 spiro atoms. The van der Waals surface area contributed by atoms with Crippen LogP contribution in [0.1, 0.15) is 13.8 Å². The smallest absolute Gasteiger partial charge is 0.332 e. The van der Waals surface area contributed by atoms with Crippen molar-refractivity contribution >= 4 is 17.7 Å². The number of esters is 2. The van der Waals surface area contributed by atoms with Gasteiger partial charge in [0.25, 0.3) is 0 Å². The second-order valence-corrected chi connectivity index (χ2v) is 4.33. The molecular formula is C15H20N2O5. The lowest BCUT2D eigenvalue weighted by Crippen LogP contribution is -2.29. The predicted octanol–water partition coefficient (Wildman–Crippen LogP) is 0.498. The first-order chi connectivity index (χ1) is 10.5. The third-order valence-electron chi connectivity index (χ3n) is 3.13. The van der Waals surface area contributed by atoms with E-state index in [-0.39, 0.29) is 11.5 Å². The van der Waals surface area contributed by atoms with E-state index >= 15 is 0 Å². The van der Waals surface area contributed by atoms with Crippen molar-refractivity contribution in [3.8, 4) is 0 Å². The number of carbonyl (C=O) groups is 3. The number of Topliss-reactive ketones (excluding diaryl/α,β-unsaturated/α-hetero) is 1. The van der Waals surface area contributed by atoms with Crippen LogP contribution in [0.4, 0.5) is 0 Å². The predicted molar refractivity (Wildman–Crippen MR) is 79.3 cm³/mol. The van der Waals surface area contributed by atoms with Crippen LogP contribution in [0.15, 0.2) is 35.3 Å². The molecule has 22 heavy (non-hydrogen) atoms. The van der Waals surface area contributed by atoms with Crippen LogP contribution in [0, 0.1) is 0 Å². The van der Waals surface area contributed by atoms with Crippen molar-refractivity contribution in [2.75, 3.05) is 27.3 Å². The summed E-state index contributed by atoms with van der Waals surface area (Å²) in [5, 5.41) is 2.91. The fourth-order valence-corrected chi connectivity index (χ4v) is 1.95. The highest BCUT2D eigenvalue weighted by Crippen LogP contribution is 2.22. The van der Waals surface area contributed by atoms with Gasteiger partial charge in [0.1, 0.15) is 5.82 Å². The summed E-state index contributed by atoms with van der Waals surface area (Å²) in [7, 11) is 2.49. The fraction of sp³-hybridized carbons (Fsp3) is 0.400. The van der Waals surface area contributed by atoms with Gasteiger partial charge in [0.15, 0.2) is 0 Å². The highest BCUT2D eigenvalue weighted by molar-refractivity contribution is 6.15. The first-order valence-electron chi connectivity index (χ1n) is 6.85. The fourth-order valence-electron chi connectivity index (χ4n) is 1.95. The molecule has 0 unspecified atom stereocenters. The molecule has 120 valence electrons. The number of methoxy groups -OCH3 is 2. The van der Waals surface area contributed by atoms with Crippen molar-refractivity contribution in [1.82, 2.24) is 10.2 Å². The molecule has 0 aromatic rings. The number of nitrogens with one attached hydrogen (secondary N) is 1. The Morgan fingerprint density at radius 1 is 1.14 bits per heavy atom. The van der Waals surface area contributed by atoms with Gasteiger partial charge in [-0.1, -0.05) is 0 Å².